The first-order chi connectivity index (χ1) is 12.7. The van der Waals surface area contributed by atoms with Crippen molar-refractivity contribution < 1.29 is 9.59 Å². The van der Waals surface area contributed by atoms with Gasteiger partial charge in [0.05, 0.1) is 5.41 Å². The molecule has 3 rings (SSSR count). The van der Waals surface area contributed by atoms with Crippen LogP contribution in [0.5, 0.6) is 0 Å². The van der Waals surface area contributed by atoms with Crippen LogP contribution in [0.15, 0.2) is 24.3 Å². The quantitative estimate of drug-likeness (QED) is 0.743. The first-order valence-corrected chi connectivity index (χ1v) is 10.4. The maximum absolute atomic E-state index is 13.0. The van der Waals surface area contributed by atoms with Crippen LogP contribution in [0.25, 0.3) is 0 Å². The lowest BCUT2D eigenvalue weighted by molar-refractivity contribution is -0.132. The second kappa shape index (κ2) is 7.65. The fourth-order valence-corrected chi connectivity index (χ4v) is 3.85. The third kappa shape index (κ3) is 4.36. The van der Waals surface area contributed by atoms with Gasteiger partial charge in [-0.15, -0.1) is 0 Å². The molecule has 4 heteroatoms. The topological polar surface area (TPSA) is 49.4 Å². The number of carbonyl (C=O) groups is 2. The number of likely N-dealkylation sites (N-methyl/N-ethyl adjacent to an activating group) is 1. The number of hydrogen-bond acceptors (Lipinski definition) is 2. The minimum absolute atomic E-state index is 0.125. The Kier molecular flexibility index (Phi) is 5.64. The van der Waals surface area contributed by atoms with Crippen LogP contribution in [0.2, 0.25) is 0 Å². The average Bonchev–Trinajstić information content (AvgIpc) is 3.37. The molecular weight excluding hydrogens is 336 g/mol. The molecule has 27 heavy (non-hydrogen) atoms. The maximum Gasteiger partial charge on any atom is 0.232 e. The zero-order valence-corrected chi connectivity index (χ0v) is 17.3. The number of carbonyl (C=O) groups excluding carboxylic acids is 2. The first-order valence-electron chi connectivity index (χ1n) is 10.4. The number of nitrogens with zero attached hydrogens (tertiary/aromatic N) is 1. The molecule has 0 saturated heterocycles. The lowest BCUT2D eigenvalue weighted by Crippen LogP contribution is -2.39. The van der Waals surface area contributed by atoms with Crippen LogP contribution in [-0.2, 0) is 20.4 Å². The molecule has 1 N–H and O–H groups in total. The van der Waals surface area contributed by atoms with Crippen LogP contribution in [0.3, 0.4) is 0 Å². The third-order valence-electron chi connectivity index (χ3n) is 6.26. The summed E-state index contributed by atoms with van der Waals surface area (Å²) in [5, 5.41) is 3.01. The molecule has 2 aliphatic rings. The highest BCUT2D eigenvalue weighted by atomic mass is 16.2. The van der Waals surface area contributed by atoms with Crippen molar-refractivity contribution >= 4 is 11.8 Å². The summed E-state index contributed by atoms with van der Waals surface area (Å²) in [6, 6.07) is 8.60. The molecule has 2 amide bonds. The summed E-state index contributed by atoms with van der Waals surface area (Å²) in [4.78, 5) is 26.8. The standard InChI is InChI=1S/C23H34N2O2/c1-22(2,3)18-9-11-19(12-10-18)23(13-14-23)21(27)25(4)16-6-15-24-20(26)17-7-5-8-17/h9-12,17H,5-8,13-16H2,1-4H3,(H,24,26). The maximum atomic E-state index is 13.0. The SMILES string of the molecule is CN(CCCNC(=O)C1CCC1)C(=O)C1(c2ccc(C(C)(C)C)cc2)CC1. The van der Waals surface area contributed by atoms with Crippen molar-refractivity contribution in [1.82, 2.24) is 10.2 Å². The monoisotopic (exact) mass is 370 g/mol. The largest absolute Gasteiger partial charge is 0.356 e. The summed E-state index contributed by atoms with van der Waals surface area (Å²) in [6.45, 7) is 7.96. The molecule has 0 atom stereocenters. The normalized spacial score (nSPS) is 18.5. The molecule has 0 aromatic heterocycles. The molecule has 0 radical (unpaired) electrons. The molecule has 0 unspecified atom stereocenters. The van der Waals surface area contributed by atoms with Gasteiger partial charge in [-0.25, -0.2) is 0 Å². The van der Waals surface area contributed by atoms with E-state index in [1.54, 1.807) is 0 Å². The third-order valence-corrected chi connectivity index (χ3v) is 6.26. The van der Waals surface area contributed by atoms with Crippen LogP contribution in [0.1, 0.15) is 70.4 Å². The molecule has 4 nitrogen and oxygen atoms in total. The Morgan fingerprint density at radius 2 is 1.78 bits per heavy atom. The van der Waals surface area contributed by atoms with E-state index in [9.17, 15) is 9.59 Å². The van der Waals surface area contributed by atoms with E-state index in [4.69, 9.17) is 0 Å². The van der Waals surface area contributed by atoms with Gasteiger partial charge < -0.3 is 10.2 Å². The van der Waals surface area contributed by atoms with Crippen LogP contribution >= 0.6 is 0 Å². The Hall–Kier alpha value is -1.84. The van der Waals surface area contributed by atoms with E-state index in [1.165, 1.54) is 12.0 Å². The van der Waals surface area contributed by atoms with Gasteiger partial charge >= 0.3 is 0 Å². The van der Waals surface area contributed by atoms with Gasteiger partial charge in [0.25, 0.3) is 0 Å². The van der Waals surface area contributed by atoms with E-state index in [2.05, 4.69) is 50.4 Å². The van der Waals surface area contributed by atoms with E-state index in [0.717, 1.165) is 37.7 Å². The zero-order valence-electron chi connectivity index (χ0n) is 17.3. The highest BCUT2D eigenvalue weighted by Gasteiger charge is 2.52. The van der Waals surface area contributed by atoms with Crippen molar-refractivity contribution in [3.63, 3.8) is 0 Å². The molecule has 2 saturated carbocycles. The first kappa shape index (κ1) is 19.9. The van der Waals surface area contributed by atoms with E-state index < -0.39 is 0 Å². The molecule has 0 heterocycles. The Bertz CT molecular complexity index is 679. The molecule has 2 fully saturated rings. The number of nitrogens with one attached hydrogen (secondary N) is 1. The second-order valence-corrected chi connectivity index (χ2v) is 9.41. The van der Waals surface area contributed by atoms with Crippen molar-refractivity contribution in [2.24, 2.45) is 5.92 Å². The van der Waals surface area contributed by atoms with Crippen molar-refractivity contribution in [1.29, 1.82) is 0 Å². The minimum atomic E-state index is -0.319. The van der Waals surface area contributed by atoms with Gasteiger partial charge in [-0.2, -0.15) is 0 Å². The van der Waals surface area contributed by atoms with Crippen molar-refractivity contribution in [3.05, 3.63) is 35.4 Å². The summed E-state index contributed by atoms with van der Waals surface area (Å²) in [5.41, 5.74) is 2.25. The number of rotatable bonds is 7. The van der Waals surface area contributed by atoms with Gasteiger partial charge in [-0.1, -0.05) is 51.5 Å². The van der Waals surface area contributed by atoms with Gasteiger partial charge in [0, 0.05) is 26.1 Å². The highest BCUT2D eigenvalue weighted by molar-refractivity contribution is 5.91. The summed E-state index contributed by atoms with van der Waals surface area (Å²) in [7, 11) is 1.89. The molecule has 0 bridgehead atoms. The molecule has 1 aromatic carbocycles. The van der Waals surface area contributed by atoms with Gasteiger partial charge in [-0.3, -0.25) is 9.59 Å². The van der Waals surface area contributed by atoms with Gasteiger partial charge in [-0.05, 0) is 48.6 Å². The van der Waals surface area contributed by atoms with Crippen molar-refractivity contribution in [2.45, 2.75) is 70.1 Å². The second-order valence-electron chi connectivity index (χ2n) is 9.41. The molecular formula is C23H34N2O2. The van der Waals surface area contributed by atoms with Crippen LogP contribution in [-0.4, -0.2) is 36.9 Å². The average molecular weight is 371 g/mol. The molecule has 148 valence electrons. The van der Waals surface area contributed by atoms with E-state index in [1.807, 2.05) is 11.9 Å². The Morgan fingerprint density at radius 3 is 2.26 bits per heavy atom. The lowest BCUT2D eigenvalue weighted by atomic mass is 9.84. The predicted octanol–water partition coefficient (Wildman–Crippen LogP) is 3.78. The molecule has 2 aliphatic carbocycles. The smallest absolute Gasteiger partial charge is 0.232 e. The predicted molar refractivity (Wildman–Crippen MR) is 109 cm³/mol. The zero-order chi connectivity index (χ0) is 19.7. The lowest BCUT2D eigenvalue weighted by Gasteiger charge is -2.26. The van der Waals surface area contributed by atoms with E-state index >= 15 is 0 Å². The molecule has 0 aliphatic heterocycles. The van der Waals surface area contributed by atoms with Crippen LogP contribution < -0.4 is 5.32 Å². The Labute approximate surface area is 163 Å². The van der Waals surface area contributed by atoms with Crippen molar-refractivity contribution in [3.8, 4) is 0 Å². The minimum Gasteiger partial charge on any atom is -0.356 e. The van der Waals surface area contributed by atoms with E-state index in [0.29, 0.717) is 13.1 Å². The molecule has 1 aromatic rings. The number of benzene rings is 1. The number of amides is 2. The van der Waals surface area contributed by atoms with E-state index in [-0.39, 0.29) is 28.6 Å². The summed E-state index contributed by atoms with van der Waals surface area (Å²) in [5.74, 6) is 0.638. The Morgan fingerprint density at radius 1 is 1.15 bits per heavy atom. The molecule has 0 spiro atoms. The van der Waals surface area contributed by atoms with Crippen LogP contribution in [0, 0.1) is 5.92 Å². The van der Waals surface area contributed by atoms with Gasteiger partial charge in [0.1, 0.15) is 0 Å². The summed E-state index contributed by atoms with van der Waals surface area (Å²) in [6.07, 6.45) is 5.91. The highest BCUT2D eigenvalue weighted by Crippen LogP contribution is 2.49. The fourth-order valence-electron chi connectivity index (χ4n) is 3.85. The Balaban J connectivity index is 1.50. The van der Waals surface area contributed by atoms with Crippen molar-refractivity contribution in [2.75, 3.05) is 20.1 Å². The summed E-state index contributed by atoms with van der Waals surface area (Å²) < 4.78 is 0. The summed E-state index contributed by atoms with van der Waals surface area (Å²) >= 11 is 0. The fraction of sp³-hybridized carbons (Fsp3) is 0.652. The van der Waals surface area contributed by atoms with Gasteiger partial charge in [0.2, 0.25) is 11.8 Å². The number of hydrogen-bond donors (Lipinski definition) is 1. The van der Waals surface area contributed by atoms with Gasteiger partial charge in [0.15, 0.2) is 0 Å². The van der Waals surface area contributed by atoms with Crippen LogP contribution in [0.4, 0.5) is 0 Å².